The molecule has 0 radical (unpaired) electrons. The number of nitrogens with one attached hydrogen (secondary N) is 2. The Bertz CT molecular complexity index is 467. The van der Waals surface area contributed by atoms with E-state index in [4.69, 9.17) is 0 Å². The van der Waals surface area contributed by atoms with Crippen LogP contribution in [0.4, 0.5) is 23.1 Å². The van der Waals surface area contributed by atoms with Crippen LogP contribution in [-0.2, 0) is 12.8 Å². The summed E-state index contributed by atoms with van der Waals surface area (Å²) in [5, 5.41) is 5.49. The van der Waals surface area contributed by atoms with E-state index in [0.717, 1.165) is 31.4 Å². The molecule has 9 heteroatoms. The van der Waals surface area contributed by atoms with E-state index in [1.165, 1.54) is 22.6 Å². The average molecular weight is 339 g/mol. The van der Waals surface area contributed by atoms with Crippen LogP contribution in [-0.4, -0.2) is 28.8 Å². The van der Waals surface area contributed by atoms with Crippen molar-refractivity contribution >= 4 is 34.3 Å². The maximum atomic E-state index is 11.9. The lowest BCUT2D eigenvalue weighted by atomic mass is 10.2. The summed E-state index contributed by atoms with van der Waals surface area (Å²) in [7, 11) is 0. The summed E-state index contributed by atoms with van der Waals surface area (Å²) < 4.78 is 35.8. The van der Waals surface area contributed by atoms with Crippen molar-refractivity contribution in [2.45, 2.75) is 37.6 Å². The minimum atomic E-state index is -4.26. The third kappa shape index (κ3) is 5.74. The molecule has 4 nitrogen and oxygen atoms in total. The van der Waals surface area contributed by atoms with Gasteiger partial charge in [-0.1, -0.05) is 6.42 Å². The number of nitrogens with zero attached hydrogens (tertiary/aromatic N) is 1. The van der Waals surface area contributed by atoms with E-state index in [0.29, 0.717) is 5.13 Å². The summed E-state index contributed by atoms with van der Waals surface area (Å²) in [6.07, 6.45) is 5.35. The van der Waals surface area contributed by atoms with E-state index in [9.17, 15) is 18.0 Å². The van der Waals surface area contributed by atoms with Crippen LogP contribution < -0.4 is 10.6 Å². The lowest BCUT2D eigenvalue weighted by molar-refractivity contribution is -0.0327. The lowest BCUT2D eigenvalue weighted by Crippen LogP contribution is -2.31. The topological polar surface area (TPSA) is 54.0 Å². The number of amides is 2. The first-order valence-corrected chi connectivity index (χ1v) is 8.48. The maximum absolute atomic E-state index is 11.9. The number of carbonyl (C=O) groups is 1. The van der Waals surface area contributed by atoms with Gasteiger partial charge in [0.05, 0.1) is 5.69 Å². The van der Waals surface area contributed by atoms with Gasteiger partial charge in [-0.2, -0.15) is 13.2 Å². The SMILES string of the molecule is O=C(NCCSC(F)(F)F)Nc1nc2c(s1)CCCCC2. The zero-order valence-corrected chi connectivity index (χ0v) is 12.9. The van der Waals surface area contributed by atoms with E-state index in [-0.39, 0.29) is 24.1 Å². The highest BCUT2D eigenvalue weighted by Gasteiger charge is 2.27. The molecule has 2 N–H and O–H groups in total. The molecule has 0 spiro atoms. The number of halogens is 3. The Balaban J connectivity index is 1.75. The fourth-order valence-corrected chi connectivity index (χ4v) is 3.54. The van der Waals surface area contributed by atoms with E-state index >= 15 is 0 Å². The van der Waals surface area contributed by atoms with Gasteiger partial charge in [0, 0.05) is 17.2 Å². The van der Waals surface area contributed by atoms with Crippen molar-refractivity contribution in [3.05, 3.63) is 10.6 Å². The van der Waals surface area contributed by atoms with Crippen molar-refractivity contribution in [3.63, 3.8) is 0 Å². The van der Waals surface area contributed by atoms with Crippen LogP contribution in [0.5, 0.6) is 0 Å². The third-order valence-electron chi connectivity index (χ3n) is 2.97. The summed E-state index contributed by atoms with van der Waals surface area (Å²) in [5.74, 6) is -0.203. The van der Waals surface area contributed by atoms with Gasteiger partial charge >= 0.3 is 11.5 Å². The van der Waals surface area contributed by atoms with Crippen LogP contribution in [0.2, 0.25) is 0 Å². The van der Waals surface area contributed by atoms with Gasteiger partial charge in [-0.15, -0.1) is 11.3 Å². The largest absolute Gasteiger partial charge is 0.441 e. The lowest BCUT2D eigenvalue weighted by Gasteiger charge is -2.07. The molecule has 1 heterocycles. The Morgan fingerprint density at radius 2 is 2.05 bits per heavy atom. The molecule has 2 amide bonds. The fourth-order valence-electron chi connectivity index (χ4n) is 2.05. The number of rotatable bonds is 4. The maximum Gasteiger partial charge on any atom is 0.441 e. The predicted octanol–water partition coefficient (Wildman–Crippen LogP) is 3.79. The number of thioether (sulfide) groups is 1. The number of anilines is 1. The number of urea groups is 1. The van der Waals surface area contributed by atoms with Crippen molar-refractivity contribution in [2.24, 2.45) is 0 Å². The van der Waals surface area contributed by atoms with Gasteiger partial charge in [0.25, 0.3) is 0 Å². The number of aromatic nitrogens is 1. The standard InChI is InChI=1S/C12H16F3N3OS2/c13-12(14,15)20-7-6-16-10(19)18-11-17-8-4-2-1-3-5-9(8)21-11/h1-7H2,(H2,16,17,18,19). The Morgan fingerprint density at radius 1 is 1.29 bits per heavy atom. The Labute approximate surface area is 128 Å². The van der Waals surface area contributed by atoms with E-state index in [2.05, 4.69) is 15.6 Å². The summed E-state index contributed by atoms with van der Waals surface area (Å²) in [6, 6.07) is -0.512. The van der Waals surface area contributed by atoms with Crippen LogP contribution in [0, 0.1) is 0 Å². The zero-order chi connectivity index (χ0) is 15.3. The van der Waals surface area contributed by atoms with Gasteiger partial charge in [0.1, 0.15) is 0 Å². The fraction of sp³-hybridized carbons (Fsp3) is 0.667. The summed E-state index contributed by atoms with van der Waals surface area (Å²) in [4.78, 5) is 17.2. The van der Waals surface area contributed by atoms with Crippen molar-refractivity contribution < 1.29 is 18.0 Å². The molecule has 0 aliphatic heterocycles. The molecule has 118 valence electrons. The Hall–Kier alpha value is -0.960. The molecule has 0 saturated carbocycles. The normalized spacial score (nSPS) is 15.2. The van der Waals surface area contributed by atoms with Crippen LogP contribution >= 0.6 is 23.1 Å². The van der Waals surface area contributed by atoms with Crippen molar-refractivity contribution in [2.75, 3.05) is 17.6 Å². The smallest absolute Gasteiger partial charge is 0.337 e. The third-order valence-corrected chi connectivity index (χ3v) is 4.78. The first-order chi connectivity index (χ1) is 9.94. The number of alkyl halides is 3. The molecule has 0 unspecified atom stereocenters. The highest BCUT2D eigenvalue weighted by Crippen LogP contribution is 2.30. The van der Waals surface area contributed by atoms with Crippen molar-refractivity contribution in [3.8, 4) is 0 Å². The summed E-state index contributed by atoms with van der Waals surface area (Å²) in [6.45, 7) is -0.0406. The van der Waals surface area contributed by atoms with Gasteiger partial charge < -0.3 is 5.32 Å². The molecule has 0 saturated heterocycles. The van der Waals surface area contributed by atoms with Gasteiger partial charge in [-0.25, -0.2) is 9.78 Å². The van der Waals surface area contributed by atoms with Gasteiger partial charge in [0.2, 0.25) is 0 Å². The second-order valence-electron chi connectivity index (χ2n) is 4.62. The number of fused-ring (bicyclic) bond motifs is 1. The number of hydrogen-bond donors (Lipinski definition) is 2. The molecule has 1 aromatic rings. The predicted molar refractivity (Wildman–Crippen MR) is 78.9 cm³/mol. The number of thiazole rings is 1. The molecule has 1 aromatic heterocycles. The Morgan fingerprint density at radius 3 is 2.81 bits per heavy atom. The second-order valence-corrected chi connectivity index (χ2v) is 6.87. The minimum absolute atomic E-state index is 0.0406. The highest BCUT2D eigenvalue weighted by molar-refractivity contribution is 8.00. The van der Waals surface area contributed by atoms with Crippen LogP contribution in [0.3, 0.4) is 0 Å². The minimum Gasteiger partial charge on any atom is -0.337 e. The molecular weight excluding hydrogens is 323 g/mol. The van der Waals surface area contributed by atoms with E-state index in [1.807, 2.05) is 0 Å². The van der Waals surface area contributed by atoms with Crippen molar-refractivity contribution in [1.82, 2.24) is 10.3 Å². The zero-order valence-electron chi connectivity index (χ0n) is 11.3. The molecule has 1 aliphatic rings. The molecule has 21 heavy (non-hydrogen) atoms. The molecule has 0 aromatic carbocycles. The number of hydrogen-bond acceptors (Lipinski definition) is 4. The van der Waals surface area contributed by atoms with Crippen LogP contribution in [0.25, 0.3) is 0 Å². The molecule has 1 aliphatic carbocycles. The average Bonchev–Trinajstić information content (AvgIpc) is 2.62. The summed E-state index contributed by atoms with van der Waals surface area (Å²) in [5.41, 5.74) is -3.22. The quantitative estimate of drug-likeness (QED) is 0.648. The van der Waals surface area contributed by atoms with Gasteiger partial charge in [-0.05, 0) is 37.4 Å². The molecular formula is C12H16F3N3OS2. The van der Waals surface area contributed by atoms with Gasteiger partial charge in [-0.3, -0.25) is 5.32 Å². The van der Waals surface area contributed by atoms with Crippen LogP contribution in [0.15, 0.2) is 0 Å². The van der Waals surface area contributed by atoms with Gasteiger partial charge in [0.15, 0.2) is 5.13 Å². The molecule has 0 bridgehead atoms. The monoisotopic (exact) mass is 339 g/mol. The van der Waals surface area contributed by atoms with E-state index < -0.39 is 11.5 Å². The molecule has 2 rings (SSSR count). The Kier molecular flexibility index (Phi) is 5.74. The molecule has 0 fully saturated rings. The second kappa shape index (κ2) is 7.35. The highest BCUT2D eigenvalue weighted by atomic mass is 32.2. The van der Waals surface area contributed by atoms with Crippen LogP contribution in [0.1, 0.15) is 29.8 Å². The first kappa shape index (κ1) is 16.4. The van der Waals surface area contributed by atoms with E-state index in [1.54, 1.807) is 0 Å². The number of carbonyl (C=O) groups excluding carboxylic acids is 1. The number of aryl methyl sites for hydroxylation is 2. The summed E-state index contributed by atoms with van der Waals surface area (Å²) >= 11 is 1.30. The first-order valence-electron chi connectivity index (χ1n) is 6.68. The molecule has 0 atom stereocenters. The van der Waals surface area contributed by atoms with Crippen molar-refractivity contribution in [1.29, 1.82) is 0 Å².